The molecule has 1 aliphatic carbocycles. The van der Waals surface area contributed by atoms with Gasteiger partial charge in [-0.2, -0.15) is 0 Å². The minimum absolute atomic E-state index is 0.0277. The second-order valence-electron chi connectivity index (χ2n) is 8.83. The van der Waals surface area contributed by atoms with Crippen LogP contribution in [0.15, 0.2) is 61.2 Å². The van der Waals surface area contributed by atoms with Crippen molar-refractivity contribution in [2.45, 2.75) is 51.6 Å². The lowest BCUT2D eigenvalue weighted by Gasteiger charge is -2.27. The maximum atomic E-state index is 12.5. The Morgan fingerprint density at radius 2 is 1.76 bits per heavy atom. The van der Waals surface area contributed by atoms with E-state index in [1.54, 1.807) is 48.5 Å². The van der Waals surface area contributed by atoms with Crippen molar-refractivity contribution < 1.29 is 19.1 Å². The van der Waals surface area contributed by atoms with Crippen molar-refractivity contribution in [3.05, 3.63) is 72.3 Å². The highest BCUT2D eigenvalue weighted by atomic mass is 16.5. The summed E-state index contributed by atoms with van der Waals surface area (Å²) >= 11 is 0. The molecular weight excluding hydrogens is 428 g/mol. The molecule has 2 aromatic carbocycles. The monoisotopic (exact) mass is 462 g/mol. The molecule has 0 spiro atoms. The zero-order valence-electron chi connectivity index (χ0n) is 19.6. The lowest BCUT2D eigenvalue weighted by atomic mass is 9.80. The van der Waals surface area contributed by atoms with Gasteiger partial charge in [0.15, 0.2) is 0 Å². The smallest absolute Gasteiger partial charge is 0.331 e. The number of carbonyl (C=O) groups is 2. The number of anilines is 2. The highest BCUT2D eigenvalue weighted by Crippen LogP contribution is 2.33. The quantitative estimate of drug-likeness (QED) is 0.118. The van der Waals surface area contributed by atoms with Gasteiger partial charge in [0.25, 0.3) is 0 Å². The number of nitrogen functional groups attached to an aromatic ring is 2. The van der Waals surface area contributed by atoms with Crippen LogP contribution in [0.2, 0.25) is 0 Å². The number of carbonyl (C=O) groups excluding carboxylic acids is 2. The zero-order chi connectivity index (χ0) is 24.3. The minimum Gasteiger partial charge on any atom is -0.458 e. The lowest BCUT2D eigenvalue weighted by Crippen LogP contribution is -2.25. The van der Waals surface area contributed by atoms with Crippen LogP contribution in [0.4, 0.5) is 11.4 Å². The molecule has 34 heavy (non-hydrogen) atoms. The Hall–Kier alpha value is -3.54. The Balaban J connectivity index is 1.42. The van der Waals surface area contributed by atoms with Crippen LogP contribution in [-0.2, 0) is 20.9 Å². The molecule has 0 aliphatic heterocycles. The number of ether oxygens (including phenoxy) is 2. The molecule has 0 aromatic heterocycles. The van der Waals surface area contributed by atoms with Crippen molar-refractivity contribution in [3.63, 3.8) is 0 Å². The summed E-state index contributed by atoms with van der Waals surface area (Å²) in [7, 11) is 0. The van der Waals surface area contributed by atoms with Crippen molar-refractivity contribution in [1.82, 2.24) is 0 Å². The first kappa shape index (κ1) is 25.1. The topological polar surface area (TPSA) is 105 Å². The fourth-order valence-corrected chi connectivity index (χ4v) is 4.19. The molecule has 1 aliphatic rings. The molecule has 0 unspecified atom stereocenters. The molecule has 180 valence electrons. The number of hydrogen-bond donors (Lipinski definition) is 2. The molecule has 2 aromatic rings. The first-order valence-electron chi connectivity index (χ1n) is 11.9. The molecule has 0 amide bonds. The summed E-state index contributed by atoms with van der Waals surface area (Å²) in [4.78, 5) is 24.5. The minimum atomic E-state index is -0.480. The van der Waals surface area contributed by atoms with Crippen LogP contribution < -0.4 is 16.2 Å². The molecule has 0 radical (unpaired) electrons. The van der Waals surface area contributed by atoms with Gasteiger partial charge in [-0.1, -0.05) is 30.7 Å². The molecule has 1 fully saturated rings. The van der Waals surface area contributed by atoms with E-state index in [2.05, 4.69) is 6.58 Å². The fraction of sp³-hybridized carbons (Fsp3) is 0.357. The SMILES string of the molecule is C=CCCCC1CCC(C(=O)Oc2ccc(C=CC(=O)OCc3ccc(N)cc3N)cc2)CC1. The lowest BCUT2D eigenvalue weighted by molar-refractivity contribution is -0.140. The summed E-state index contributed by atoms with van der Waals surface area (Å²) in [6.45, 7) is 3.84. The molecule has 6 heteroatoms. The van der Waals surface area contributed by atoms with Gasteiger partial charge in [0.1, 0.15) is 12.4 Å². The van der Waals surface area contributed by atoms with E-state index < -0.39 is 5.97 Å². The predicted molar refractivity (Wildman–Crippen MR) is 136 cm³/mol. The van der Waals surface area contributed by atoms with E-state index in [1.807, 2.05) is 6.08 Å². The molecule has 0 atom stereocenters. The van der Waals surface area contributed by atoms with Crippen molar-refractivity contribution in [3.8, 4) is 5.75 Å². The van der Waals surface area contributed by atoms with Crippen LogP contribution in [0.3, 0.4) is 0 Å². The second-order valence-corrected chi connectivity index (χ2v) is 8.83. The third-order valence-electron chi connectivity index (χ3n) is 6.25. The van der Waals surface area contributed by atoms with Crippen LogP contribution in [0, 0.1) is 11.8 Å². The van der Waals surface area contributed by atoms with Crippen LogP contribution in [0.5, 0.6) is 5.75 Å². The van der Waals surface area contributed by atoms with Crippen LogP contribution in [-0.4, -0.2) is 11.9 Å². The van der Waals surface area contributed by atoms with Gasteiger partial charge in [-0.15, -0.1) is 6.58 Å². The Labute approximate surface area is 201 Å². The average molecular weight is 463 g/mol. The molecule has 3 rings (SSSR count). The molecule has 0 saturated heterocycles. The van der Waals surface area contributed by atoms with E-state index in [4.69, 9.17) is 20.9 Å². The number of esters is 2. The van der Waals surface area contributed by atoms with Gasteiger partial charge in [0, 0.05) is 23.0 Å². The van der Waals surface area contributed by atoms with E-state index in [0.29, 0.717) is 28.6 Å². The number of unbranched alkanes of at least 4 members (excludes halogenated alkanes) is 1. The average Bonchev–Trinajstić information content (AvgIpc) is 2.83. The Morgan fingerprint density at radius 1 is 1.03 bits per heavy atom. The largest absolute Gasteiger partial charge is 0.458 e. The maximum absolute atomic E-state index is 12.5. The summed E-state index contributed by atoms with van der Waals surface area (Å²) in [5, 5.41) is 0. The van der Waals surface area contributed by atoms with Gasteiger partial charge < -0.3 is 20.9 Å². The van der Waals surface area contributed by atoms with E-state index in [0.717, 1.165) is 37.7 Å². The second kappa shape index (κ2) is 12.6. The Bertz CT molecular complexity index is 1010. The Morgan fingerprint density at radius 3 is 2.44 bits per heavy atom. The van der Waals surface area contributed by atoms with Crippen LogP contribution in [0.25, 0.3) is 6.08 Å². The van der Waals surface area contributed by atoms with Crippen molar-refractivity contribution in [1.29, 1.82) is 0 Å². The van der Waals surface area contributed by atoms with Crippen LogP contribution in [0.1, 0.15) is 56.1 Å². The predicted octanol–water partition coefficient (Wildman–Crippen LogP) is 5.68. The maximum Gasteiger partial charge on any atom is 0.331 e. The van der Waals surface area contributed by atoms with Gasteiger partial charge in [0.2, 0.25) is 0 Å². The summed E-state index contributed by atoms with van der Waals surface area (Å²) in [5.74, 6) is 0.563. The van der Waals surface area contributed by atoms with Gasteiger partial charge >= 0.3 is 11.9 Å². The van der Waals surface area contributed by atoms with Crippen molar-refractivity contribution >= 4 is 29.4 Å². The zero-order valence-corrected chi connectivity index (χ0v) is 19.6. The van der Waals surface area contributed by atoms with Gasteiger partial charge in [-0.05, 0) is 80.3 Å². The number of rotatable bonds is 10. The van der Waals surface area contributed by atoms with Gasteiger partial charge in [-0.25, -0.2) is 4.79 Å². The van der Waals surface area contributed by atoms with E-state index in [1.165, 1.54) is 18.9 Å². The van der Waals surface area contributed by atoms with E-state index >= 15 is 0 Å². The van der Waals surface area contributed by atoms with Crippen LogP contribution >= 0.6 is 0 Å². The highest BCUT2D eigenvalue weighted by Gasteiger charge is 2.27. The first-order chi connectivity index (χ1) is 16.4. The van der Waals surface area contributed by atoms with E-state index in [9.17, 15) is 9.59 Å². The molecule has 1 saturated carbocycles. The number of hydrogen-bond acceptors (Lipinski definition) is 6. The number of benzene rings is 2. The third-order valence-corrected chi connectivity index (χ3v) is 6.25. The standard InChI is InChI=1S/C28H34N2O4/c1-2-3-4-5-20-6-11-22(12-7-20)28(32)34-25-15-8-21(9-16-25)10-17-27(31)33-19-23-13-14-24(29)18-26(23)30/h2,8-10,13-18,20,22H,1,3-7,11-12,19,29-30H2. The van der Waals surface area contributed by atoms with Crippen molar-refractivity contribution in [2.24, 2.45) is 11.8 Å². The summed E-state index contributed by atoms with van der Waals surface area (Å²) in [5.41, 5.74) is 14.1. The normalized spacial score (nSPS) is 17.9. The molecule has 0 bridgehead atoms. The van der Waals surface area contributed by atoms with E-state index in [-0.39, 0.29) is 18.5 Å². The summed E-state index contributed by atoms with van der Waals surface area (Å²) in [6.07, 6.45) is 12.4. The first-order valence-corrected chi connectivity index (χ1v) is 11.9. The molecule has 0 heterocycles. The summed E-state index contributed by atoms with van der Waals surface area (Å²) < 4.78 is 10.8. The fourth-order valence-electron chi connectivity index (χ4n) is 4.19. The Kier molecular flexibility index (Phi) is 9.32. The summed E-state index contributed by atoms with van der Waals surface area (Å²) in [6, 6.07) is 12.1. The van der Waals surface area contributed by atoms with Crippen molar-refractivity contribution in [2.75, 3.05) is 11.5 Å². The molecular formula is C28H34N2O4. The molecule has 4 N–H and O–H groups in total. The highest BCUT2D eigenvalue weighted by molar-refractivity contribution is 5.87. The van der Waals surface area contributed by atoms with Gasteiger partial charge in [0.05, 0.1) is 5.92 Å². The number of allylic oxidation sites excluding steroid dienone is 1. The van der Waals surface area contributed by atoms with Gasteiger partial charge in [-0.3, -0.25) is 4.79 Å². The molecule has 6 nitrogen and oxygen atoms in total. The number of nitrogens with two attached hydrogens (primary N) is 2. The third kappa shape index (κ3) is 7.80.